The zero-order chi connectivity index (χ0) is 10.1. The number of rotatable bonds is 3. The van der Waals surface area contributed by atoms with Gasteiger partial charge in [0.05, 0.1) is 12.7 Å². The lowest BCUT2D eigenvalue weighted by molar-refractivity contribution is -0.150. The zero-order valence-electron chi connectivity index (χ0n) is 7.62. The number of carboxylic acids is 1. The van der Waals surface area contributed by atoms with E-state index in [1.165, 1.54) is 0 Å². The summed E-state index contributed by atoms with van der Waals surface area (Å²) in [6.45, 7) is 3.67. The Labute approximate surface area is 75.6 Å². The topological polar surface area (TPSA) is 55.8 Å². The molecule has 1 aliphatic heterocycles. The van der Waals surface area contributed by atoms with Crippen molar-refractivity contribution in [3.05, 3.63) is 0 Å². The number of carbonyl (C=O) groups is 1. The van der Waals surface area contributed by atoms with E-state index in [0.29, 0.717) is 0 Å². The highest BCUT2D eigenvalue weighted by Crippen LogP contribution is 2.25. The van der Waals surface area contributed by atoms with Crippen molar-refractivity contribution in [1.29, 1.82) is 0 Å². The second kappa shape index (κ2) is 3.59. The van der Waals surface area contributed by atoms with Crippen LogP contribution in [0.4, 0.5) is 4.39 Å². The molecule has 1 aliphatic rings. The first kappa shape index (κ1) is 10.4. The first-order valence-corrected chi connectivity index (χ1v) is 4.09. The van der Waals surface area contributed by atoms with E-state index < -0.39 is 24.0 Å². The Morgan fingerprint density at radius 1 is 1.77 bits per heavy atom. The highest BCUT2D eigenvalue weighted by molar-refractivity contribution is 5.72. The molecule has 76 valence electrons. The van der Waals surface area contributed by atoms with Crippen LogP contribution in [0.5, 0.6) is 0 Å². The maximum Gasteiger partial charge on any atom is 0.338 e. The number of halogens is 1. The molecule has 0 unspecified atom stereocenters. The largest absolute Gasteiger partial charge is 0.479 e. The van der Waals surface area contributed by atoms with Crippen LogP contribution in [0.25, 0.3) is 0 Å². The van der Waals surface area contributed by atoms with Gasteiger partial charge in [0.15, 0.2) is 12.0 Å². The molecule has 0 amide bonds. The van der Waals surface area contributed by atoms with E-state index in [-0.39, 0.29) is 13.0 Å². The molecular weight excluding hydrogens is 179 g/mol. The van der Waals surface area contributed by atoms with Gasteiger partial charge in [-0.2, -0.15) is 0 Å². The number of hydrogen-bond acceptors (Lipinski definition) is 3. The third-order valence-corrected chi connectivity index (χ3v) is 1.81. The number of carboxylic acid groups (broad SMARTS) is 1. The summed E-state index contributed by atoms with van der Waals surface area (Å²) in [5.74, 6) is -2.17. The maximum atomic E-state index is 12.7. The Balaban J connectivity index is 2.36. The monoisotopic (exact) mass is 192 g/mol. The molecule has 5 heteroatoms. The Bertz CT molecular complexity index is 204. The zero-order valence-corrected chi connectivity index (χ0v) is 7.62. The van der Waals surface area contributed by atoms with Crippen molar-refractivity contribution in [2.75, 3.05) is 6.61 Å². The van der Waals surface area contributed by atoms with Crippen molar-refractivity contribution in [1.82, 2.24) is 0 Å². The molecule has 2 atom stereocenters. The highest BCUT2D eigenvalue weighted by atomic mass is 19.1. The molecule has 0 aromatic heterocycles. The Kier molecular flexibility index (Phi) is 2.87. The van der Waals surface area contributed by atoms with Gasteiger partial charge < -0.3 is 14.6 Å². The standard InChI is InChI=1S/C8H13FO4/c1-8(2)12-4-5(13-8)3-6(9)7(10)11/h5-6H,3-4H2,1-2H3,(H,10,11)/t5-,6-/m0/s1. The molecule has 0 spiro atoms. The normalized spacial score (nSPS) is 28.7. The highest BCUT2D eigenvalue weighted by Gasteiger charge is 2.35. The van der Waals surface area contributed by atoms with E-state index in [0.717, 1.165) is 0 Å². The molecule has 4 nitrogen and oxygen atoms in total. The lowest BCUT2D eigenvalue weighted by atomic mass is 10.2. The minimum atomic E-state index is -1.87. The molecule has 0 aromatic carbocycles. The molecule has 0 bridgehead atoms. The van der Waals surface area contributed by atoms with Crippen LogP contribution in [-0.4, -0.2) is 35.7 Å². The Hall–Kier alpha value is -0.680. The molecule has 1 rings (SSSR count). The quantitative estimate of drug-likeness (QED) is 0.723. The number of alkyl halides is 1. The number of aliphatic carboxylic acids is 1. The van der Waals surface area contributed by atoms with Gasteiger partial charge in [-0.05, 0) is 13.8 Å². The first-order chi connectivity index (χ1) is 5.91. The summed E-state index contributed by atoms with van der Waals surface area (Å²) in [4.78, 5) is 10.2. The summed E-state index contributed by atoms with van der Waals surface area (Å²) in [5.41, 5.74) is 0. The summed E-state index contributed by atoms with van der Waals surface area (Å²) in [5, 5.41) is 8.30. The fourth-order valence-corrected chi connectivity index (χ4v) is 1.21. The second-order valence-corrected chi connectivity index (χ2v) is 3.49. The molecule has 0 aromatic rings. The minimum Gasteiger partial charge on any atom is -0.479 e. The van der Waals surface area contributed by atoms with E-state index >= 15 is 0 Å². The van der Waals surface area contributed by atoms with E-state index in [9.17, 15) is 9.18 Å². The Morgan fingerprint density at radius 2 is 2.38 bits per heavy atom. The number of ether oxygens (including phenoxy) is 2. The molecule has 0 radical (unpaired) electrons. The van der Waals surface area contributed by atoms with Gasteiger partial charge in [0.25, 0.3) is 0 Å². The second-order valence-electron chi connectivity index (χ2n) is 3.49. The average molecular weight is 192 g/mol. The van der Waals surface area contributed by atoms with E-state index in [1.807, 2.05) is 0 Å². The van der Waals surface area contributed by atoms with Crippen LogP contribution in [0.3, 0.4) is 0 Å². The van der Waals surface area contributed by atoms with E-state index in [4.69, 9.17) is 14.6 Å². The fourth-order valence-electron chi connectivity index (χ4n) is 1.21. The lowest BCUT2D eigenvalue weighted by Crippen LogP contribution is -2.26. The first-order valence-electron chi connectivity index (χ1n) is 4.09. The van der Waals surface area contributed by atoms with Crippen molar-refractivity contribution in [2.45, 2.75) is 38.3 Å². The van der Waals surface area contributed by atoms with Crippen molar-refractivity contribution >= 4 is 5.97 Å². The summed E-state index contributed by atoms with van der Waals surface area (Å²) in [7, 11) is 0. The summed E-state index contributed by atoms with van der Waals surface area (Å²) >= 11 is 0. The Morgan fingerprint density at radius 3 is 2.77 bits per heavy atom. The van der Waals surface area contributed by atoms with E-state index in [1.54, 1.807) is 13.8 Å². The third kappa shape index (κ3) is 2.93. The smallest absolute Gasteiger partial charge is 0.338 e. The van der Waals surface area contributed by atoms with Crippen molar-refractivity contribution in [2.24, 2.45) is 0 Å². The van der Waals surface area contributed by atoms with Gasteiger partial charge in [-0.1, -0.05) is 0 Å². The number of hydrogen-bond donors (Lipinski definition) is 1. The predicted molar refractivity (Wildman–Crippen MR) is 42.1 cm³/mol. The van der Waals surface area contributed by atoms with Gasteiger partial charge in [0.1, 0.15) is 0 Å². The molecule has 0 aliphatic carbocycles. The summed E-state index contributed by atoms with van der Waals surface area (Å²) < 4.78 is 23.1. The van der Waals surface area contributed by atoms with Crippen LogP contribution in [0.1, 0.15) is 20.3 Å². The predicted octanol–water partition coefficient (Wildman–Crippen LogP) is 0.951. The maximum absolute atomic E-state index is 12.7. The van der Waals surface area contributed by atoms with Gasteiger partial charge in [-0.15, -0.1) is 0 Å². The molecule has 1 heterocycles. The third-order valence-electron chi connectivity index (χ3n) is 1.81. The fraction of sp³-hybridized carbons (Fsp3) is 0.875. The average Bonchev–Trinajstić information content (AvgIpc) is 2.30. The van der Waals surface area contributed by atoms with Crippen molar-refractivity contribution in [3.8, 4) is 0 Å². The molecule has 1 N–H and O–H groups in total. The van der Waals surface area contributed by atoms with Gasteiger partial charge >= 0.3 is 5.97 Å². The van der Waals surface area contributed by atoms with E-state index in [2.05, 4.69) is 0 Å². The van der Waals surface area contributed by atoms with Crippen LogP contribution in [0.15, 0.2) is 0 Å². The van der Waals surface area contributed by atoms with Gasteiger partial charge in [0, 0.05) is 6.42 Å². The molecule has 13 heavy (non-hydrogen) atoms. The molecule has 1 saturated heterocycles. The van der Waals surface area contributed by atoms with Gasteiger partial charge in [-0.3, -0.25) is 0 Å². The summed E-state index contributed by atoms with van der Waals surface area (Å²) in [6, 6.07) is 0. The van der Waals surface area contributed by atoms with Crippen molar-refractivity contribution in [3.63, 3.8) is 0 Å². The van der Waals surface area contributed by atoms with Crippen LogP contribution in [0, 0.1) is 0 Å². The van der Waals surface area contributed by atoms with Crippen LogP contribution >= 0.6 is 0 Å². The van der Waals surface area contributed by atoms with Gasteiger partial charge in [0.2, 0.25) is 0 Å². The minimum absolute atomic E-state index is 0.154. The van der Waals surface area contributed by atoms with Crippen LogP contribution < -0.4 is 0 Å². The summed E-state index contributed by atoms with van der Waals surface area (Å²) in [6.07, 6.45) is -2.48. The van der Waals surface area contributed by atoms with Gasteiger partial charge in [-0.25, -0.2) is 9.18 Å². The molecular formula is C8H13FO4. The molecule has 0 saturated carbocycles. The van der Waals surface area contributed by atoms with Crippen LogP contribution in [0.2, 0.25) is 0 Å². The van der Waals surface area contributed by atoms with Crippen LogP contribution in [-0.2, 0) is 14.3 Å². The van der Waals surface area contributed by atoms with Crippen molar-refractivity contribution < 1.29 is 23.8 Å². The SMILES string of the molecule is CC1(C)OC[C@H](C[C@H](F)C(=O)O)O1. The molecule has 1 fully saturated rings. The lowest BCUT2D eigenvalue weighted by Gasteiger charge is -2.17.